The minimum atomic E-state index is 0. The predicted octanol–water partition coefficient (Wildman–Crippen LogP) is 2.55. The number of nitrogens with one attached hydrogen (secondary N) is 2. The van der Waals surface area contributed by atoms with Crippen molar-refractivity contribution in [2.45, 2.75) is 51.0 Å². The van der Waals surface area contributed by atoms with E-state index in [1.807, 2.05) is 0 Å². The number of allylic oxidation sites excluding steroid dienone is 2. The standard InChI is InChI=1S/C16H24N2O.H2/c19-16(13-8-10-17-11-9-13)18-15-7-3-5-12-4-1-2-6-14(12)15;/h2,6,13,15,17H,1,3-5,7-11H2,(H,18,19);1H. The first-order chi connectivity index (χ1) is 9.34. The number of hydrogen-bond donors (Lipinski definition) is 2. The summed E-state index contributed by atoms with van der Waals surface area (Å²) in [5.74, 6) is 0.499. The van der Waals surface area contributed by atoms with Gasteiger partial charge in [-0.15, -0.1) is 0 Å². The lowest BCUT2D eigenvalue weighted by atomic mass is 9.82. The second-order valence-electron chi connectivity index (χ2n) is 5.98. The van der Waals surface area contributed by atoms with Crippen molar-refractivity contribution in [1.29, 1.82) is 0 Å². The summed E-state index contributed by atoms with van der Waals surface area (Å²) < 4.78 is 0. The summed E-state index contributed by atoms with van der Waals surface area (Å²) in [6.45, 7) is 1.97. The lowest BCUT2D eigenvalue weighted by molar-refractivity contribution is -0.126. The highest BCUT2D eigenvalue weighted by Gasteiger charge is 2.27. The molecule has 1 aliphatic heterocycles. The van der Waals surface area contributed by atoms with Gasteiger partial charge in [-0.3, -0.25) is 4.79 Å². The molecule has 3 aliphatic rings. The van der Waals surface area contributed by atoms with Crippen LogP contribution in [0.4, 0.5) is 0 Å². The van der Waals surface area contributed by atoms with Crippen molar-refractivity contribution in [2.75, 3.05) is 13.1 Å². The van der Waals surface area contributed by atoms with Gasteiger partial charge in [0.1, 0.15) is 0 Å². The molecule has 0 aromatic rings. The molecule has 1 atom stereocenters. The highest BCUT2D eigenvalue weighted by Crippen LogP contribution is 2.32. The third-order valence-corrected chi connectivity index (χ3v) is 4.69. The number of hydrogen-bond acceptors (Lipinski definition) is 2. The molecule has 3 nitrogen and oxygen atoms in total. The summed E-state index contributed by atoms with van der Waals surface area (Å²) in [6.07, 6.45) is 12.4. The van der Waals surface area contributed by atoms with Crippen molar-refractivity contribution in [3.05, 3.63) is 23.3 Å². The van der Waals surface area contributed by atoms with Gasteiger partial charge in [-0.2, -0.15) is 0 Å². The molecule has 0 bridgehead atoms. The molecular weight excluding hydrogens is 236 g/mol. The largest absolute Gasteiger partial charge is 0.349 e. The van der Waals surface area contributed by atoms with Gasteiger partial charge < -0.3 is 10.6 Å². The summed E-state index contributed by atoms with van der Waals surface area (Å²) in [5.41, 5.74) is 3.00. The van der Waals surface area contributed by atoms with Crippen LogP contribution in [0.25, 0.3) is 0 Å². The van der Waals surface area contributed by atoms with Gasteiger partial charge in [0, 0.05) is 7.34 Å². The molecule has 1 unspecified atom stereocenters. The average Bonchev–Trinajstić information content (AvgIpc) is 2.48. The first kappa shape index (κ1) is 12.9. The van der Waals surface area contributed by atoms with Crippen molar-refractivity contribution in [3.63, 3.8) is 0 Å². The van der Waals surface area contributed by atoms with E-state index in [4.69, 9.17) is 0 Å². The van der Waals surface area contributed by atoms with Crippen molar-refractivity contribution < 1.29 is 6.22 Å². The Balaban J connectivity index is 0.00000147. The first-order valence-corrected chi connectivity index (χ1v) is 7.74. The zero-order valence-electron chi connectivity index (χ0n) is 11.6. The predicted molar refractivity (Wildman–Crippen MR) is 78.9 cm³/mol. The van der Waals surface area contributed by atoms with Crippen molar-refractivity contribution in [3.8, 4) is 0 Å². The van der Waals surface area contributed by atoms with E-state index in [0.717, 1.165) is 32.4 Å². The van der Waals surface area contributed by atoms with Gasteiger partial charge in [0.05, 0.1) is 6.04 Å². The van der Waals surface area contributed by atoms with Gasteiger partial charge in [-0.05, 0) is 63.6 Å². The third kappa shape index (κ3) is 2.92. The summed E-state index contributed by atoms with van der Waals surface area (Å²) in [7, 11) is 0. The Morgan fingerprint density at radius 3 is 2.95 bits per heavy atom. The molecule has 0 saturated carbocycles. The summed E-state index contributed by atoms with van der Waals surface area (Å²) >= 11 is 0. The minimum Gasteiger partial charge on any atom is -0.349 e. The third-order valence-electron chi connectivity index (χ3n) is 4.69. The molecule has 2 aliphatic carbocycles. The van der Waals surface area contributed by atoms with Crippen LogP contribution in [-0.2, 0) is 4.79 Å². The van der Waals surface area contributed by atoms with E-state index < -0.39 is 0 Å². The fourth-order valence-corrected chi connectivity index (χ4v) is 3.56. The molecular formula is C16H26N2O. The van der Waals surface area contributed by atoms with Crippen LogP contribution in [0.15, 0.2) is 23.3 Å². The van der Waals surface area contributed by atoms with Crippen LogP contribution in [0, 0.1) is 5.92 Å². The second kappa shape index (κ2) is 5.91. The maximum absolute atomic E-state index is 12.4. The SMILES string of the molecule is O=C(NC1CCCC2=C1C=CCC2)C1CCNCC1.[HH]. The Bertz CT molecular complexity index is 411. The van der Waals surface area contributed by atoms with Crippen LogP contribution in [0.2, 0.25) is 0 Å². The molecule has 0 radical (unpaired) electrons. The molecule has 1 fully saturated rings. The second-order valence-corrected chi connectivity index (χ2v) is 5.98. The van der Waals surface area contributed by atoms with Gasteiger partial charge in [-0.25, -0.2) is 0 Å². The average molecular weight is 262 g/mol. The molecule has 0 aromatic heterocycles. The lowest BCUT2D eigenvalue weighted by Crippen LogP contribution is -2.44. The molecule has 1 amide bonds. The zero-order chi connectivity index (χ0) is 13.1. The first-order valence-electron chi connectivity index (χ1n) is 7.74. The highest BCUT2D eigenvalue weighted by atomic mass is 16.1. The van der Waals surface area contributed by atoms with Crippen LogP contribution in [0.5, 0.6) is 0 Å². The molecule has 1 heterocycles. The smallest absolute Gasteiger partial charge is 0.223 e. The van der Waals surface area contributed by atoms with E-state index in [-0.39, 0.29) is 19.3 Å². The van der Waals surface area contributed by atoms with Crippen LogP contribution >= 0.6 is 0 Å². The molecule has 3 heteroatoms. The van der Waals surface area contributed by atoms with E-state index in [2.05, 4.69) is 22.8 Å². The van der Waals surface area contributed by atoms with Gasteiger partial charge in [0.25, 0.3) is 0 Å². The summed E-state index contributed by atoms with van der Waals surface area (Å²) in [4.78, 5) is 12.4. The molecule has 2 N–H and O–H groups in total. The van der Waals surface area contributed by atoms with Crippen molar-refractivity contribution in [1.82, 2.24) is 10.6 Å². The molecule has 0 aromatic carbocycles. The Hall–Kier alpha value is -1.09. The van der Waals surface area contributed by atoms with Crippen molar-refractivity contribution >= 4 is 5.91 Å². The summed E-state index contributed by atoms with van der Waals surface area (Å²) in [6, 6.07) is 0.280. The number of carbonyl (C=O) groups is 1. The van der Waals surface area contributed by atoms with Crippen LogP contribution < -0.4 is 10.6 Å². The molecule has 19 heavy (non-hydrogen) atoms. The van der Waals surface area contributed by atoms with Crippen LogP contribution in [0.1, 0.15) is 46.4 Å². The number of amides is 1. The maximum Gasteiger partial charge on any atom is 0.223 e. The van der Waals surface area contributed by atoms with Gasteiger partial charge in [0.15, 0.2) is 0 Å². The fraction of sp³-hybridized carbons (Fsp3) is 0.688. The lowest BCUT2D eigenvalue weighted by Gasteiger charge is -2.31. The van der Waals surface area contributed by atoms with Gasteiger partial charge in [-0.1, -0.05) is 17.7 Å². The number of piperidine rings is 1. The van der Waals surface area contributed by atoms with E-state index in [9.17, 15) is 4.79 Å². The molecule has 1 saturated heterocycles. The quantitative estimate of drug-likeness (QED) is 0.803. The number of carbonyl (C=O) groups excluding carboxylic acids is 1. The molecule has 0 spiro atoms. The highest BCUT2D eigenvalue weighted by molar-refractivity contribution is 5.79. The van der Waals surface area contributed by atoms with Crippen molar-refractivity contribution in [2.24, 2.45) is 5.92 Å². The van der Waals surface area contributed by atoms with E-state index in [0.29, 0.717) is 0 Å². The topological polar surface area (TPSA) is 41.1 Å². The van der Waals surface area contributed by atoms with Crippen LogP contribution in [0.3, 0.4) is 0 Å². The van der Waals surface area contributed by atoms with E-state index in [1.54, 1.807) is 5.57 Å². The zero-order valence-corrected chi connectivity index (χ0v) is 11.6. The van der Waals surface area contributed by atoms with Crippen LogP contribution in [-0.4, -0.2) is 25.0 Å². The van der Waals surface area contributed by atoms with E-state index in [1.165, 1.54) is 31.3 Å². The van der Waals surface area contributed by atoms with Gasteiger partial charge >= 0.3 is 0 Å². The van der Waals surface area contributed by atoms with Gasteiger partial charge in [0.2, 0.25) is 5.91 Å². The number of rotatable bonds is 2. The Morgan fingerprint density at radius 2 is 2.11 bits per heavy atom. The molecule has 106 valence electrons. The Labute approximate surface area is 117 Å². The normalized spacial score (nSPS) is 28.1. The fourth-order valence-electron chi connectivity index (χ4n) is 3.56. The molecule has 3 rings (SSSR count). The Morgan fingerprint density at radius 1 is 1.26 bits per heavy atom. The van der Waals surface area contributed by atoms with E-state index >= 15 is 0 Å². The summed E-state index contributed by atoms with van der Waals surface area (Å²) in [5, 5.41) is 6.63. The minimum absolute atomic E-state index is 0. The monoisotopic (exact) mass is 262 g/mol. The maximum atomic E-state index is 12.4. The Kier molecular flexibility index (Phi) is 4.02.